The predicted molar refractivity (Wildman–Crippen MR) is 113 cm³/mol. The Morgan fingerprint density at radius 1 is 1.07 bits per heavy atom. The van der Waals surface area contributed by atoms with Crippen molar-refractivity contribution in [2.24, 2.45) is 0 Å². The molecule has 0 aliphatic carbocycles. The van der Waals surface area contributed by atoms with Crippen LogP contribution in [0.2, 0.25) is 0 Å². The summed E-state index contributed by atoms with van der Waals surface area (Å²) in [5, 5.41) is 2.72. The number of pyridine rings is 1. The van der Waals surface area contributed by atoms with Gasteiger partial charge in [0.2, 0.25) is 0 Å². The lowest BCUT2D eigenvalue weighted by molar-refractivity contribution is 0.318. The van der Waals surface area contributed by atoms with Crippen LogP contribution in [0.5, 0.6) is 5.75 Å². The van der Waals surface area contributed by atoms with Crippen molar-refractivity contribution < 1.29 is 9.13 Å². The maximum Gasteiger partial charge on any atom is 0.134 e. The number of halogens is 1. The zero-order valence-corrected chi connectivity index (χ0v) is 16.4. The summed E-state index contributed by atoms with van der Waals surface area (Å²) in [6, 6.07) is 12.3. The smallest absolute Gasteiger partial charge is 0.134 e. The highest BCUT2D eigenvalue weighted by Gasteiger charge is 2.22. The Morgan fingerprint density at radius 3 is 2.75 bits per heavy atom. The first-order chi connectivity index (χ1) is 13.6. The summed E-state index contributed by atoms with van der Waals surface area (Å²) >= 11 is 0. The van der Waals surface area contributed by atoms with Crippen LogP contribution in [-0.4, -0.2) is 11.6 Å². The number of nitrogens with zero attached hydrogens (tertiary/aromatic N) is 1. The summed E-state index contributed by atoms with van der Waals surface area (Å²) in [6.07, 6.45) is 3.53. The van der Waals surface area contributed by atoms with Gasteiger partial charge in [-0.05, 0) is 72.2 Å². The number of benzene rings is 3. The second kappa shape index (κ2) is 6.30. The van der Waals surface area contributed by atoms with Crippen molar-refractivity contribution in [3.05, 3.63) is 70.7 Å². The summed E-state index contributed by atoms with van der Waals surface area (Å²) in [5.41, 5.74) is 7.20. The highest BCUT2D eigenvalue weighted by Crippen LogP contribution is 2.43. The number of rotatable bonds is 2. The van der Waals surface area contributed by atoms with Gasteiger partial charge in [-0.2, -0.15) is 0 Å². The summed E-state index contributed by atoms with van der Waals surface area (Å²) in [6.45, 7) is 6.68. The monoisotopic (exact) mass is 371 g/mol. The molecule has 0 saturated heterocycles. The van der Waals surface area contributed by atoms with Crippen molar-refractivity contribution in [2.45, 2.75) is 33.6 Å². The van der Waals surface area contributed by atoms with E-state index in [2.05, 4.69) is 25.1 Å². The van der Waals surface area contributed by atoms with E-state index in [-0.39, 0.29) is 5.82 Å². The first-order valence-electron chi connectivity index (χ1n) is 9.85. The van der Waals surface area contributed by atoms with Gasteiger partial charge in [0, 0.05) is 29.0 Å². The molecule has 4 aromatic rings. The number of hydrogen-bond donors (Lipinski definition) is 0. The average molecular weight is 371 g/mol. The molecule has 0 fully saturated rings. The molecule has 2 nitrogen and oxygen atoms in total. The highest BCUT2D eigenvalue weighted by molar-refractivity contribution is 6.08. The minimum atomic E-state index is -0.113. The number of fused-ring (bicyclic) bond motifs is 1. The van der Waals surface area contributed by atoms with Crippen molar-refractivity contribution in [2.75, 3.05) is 6.61 Å². The van der Waals surface area contributed by atoms with Gasteiger partial charge in [-0.1, -0.05) is 24.6 Å². The van der Waals surface area contributed by atoms with E-state index in [4.69, 9.17) is 9.72 Å². The van der Waals surface area contributed by atoms with E-state index in [0.717, 1.165) is 62.7 Å². The summed E-state index contributed by atoms with van der Waals surface area (Å²) in [5.74, 6) is 0.781. The summed E-state index contributed by atoms with van der Waals surface area (Å²) in [4.78, 5) is 4.74. The molecule has 0 unspecified atom stereocenters. The van der Waals surface area contributed by atoms with Crippen LogP contribution in [0.15, 0.2) is 42.6 Å². The van der Waals surface area contributed by atoms with Crippen molar-refractivity contribution in [3.8, 4) is 16.9 Å². The molecule has 0 atom stereocenters. The van der Waals surface area contributed by atoms with Crippen molar-refractivity contribution in [1.82, 2.24) is 4.98 Å². The van der Waals surface area contributed by atoms with E-state index in [1.807, 2.05) is 38.2 Å². The molecule has 1 aliphatic heterocycles. The fourth-order valence-corrected chi connectivity index (χ4v) is 4.60. The fraction of sp³-hybridized carbons (Fsp3) is 0.240. The molecule has 140 valence electrons. The lowest BCUT2D eigenvalue weighted by Crippen LogP contribution is -2.09. The molecule has 0 bridgehead atoms. The molecule has 0 saturated carbocycles. The van der Waals surface area contributed by atoms with Crippen molar-refractivity contribution in [1.29, 1.82) is 0 Å². The first kappa shape index (κ1) is 17.2. The third-order valence-electron chi connectivity index (χ3n) is 5.96. The minimum absolute atomic E-state index is 0.113. The molecule has 3 aromatic carbocycles. The van der Waals surface area contributed by atoms with Crippen molar-refractivity contribution in [3.63, 3.8) is 0 Å². The molecule has 1 aromatic heterocycles. The molecule has 0 radical (unpaired) electrons. The van der Waals surface area contributed by atoms with Crippen LogP contribution in [0.4, 0.5) is 4.39 Å². The second-order valence-corrected chi connectivity index (χ2v) is 7.60. The maximum atomic E-state index is 15.2. The van der Waals surface area contributed by atoms with Crippen LogP contribution in [0, 0.1) is 19.7 Å². The van der Waals surface area contributed by atoms with Gasteiger partial charge >= 0.3 is 0 Å². The topological polar surface area (TPSA) is 22.1 Å². The zero-order chi connectivity index (χ0) is 19.4. The molecular formula is C25H22FNO. The number of hydrogen-bond acceptors (Lipinski definition) is 2. The van der Waals surface area contributed by atoms with E-state index in [9.17, 15) is 0 Å². The normalized spacial score (nSPS) is 13.1. The largest absolute Gasteiger partial charge is 0.493 e. The quantitative estimate of drug-likeness (QED) is 0.412. The van der Waals surface area contributed by atoms with Gasteiger partial charge in [-0.3, -0.25) is 4.98 Å². The van der Waals surface area contributed by atoms with E-state index in [1.165, 1.54) is 5.56 Å². The first-order valence-corrected chi connectivity index (χ1v) is 9.85. The van der Waals surface area contributed by atoms with Gasteiger partial charge < -0.3 is 4.74 Å². The number of aryl methyl sites for hydroxylation is 1. The minimum Gasteiger partial charge on any atom is -0.493 e. The van der Waals surface area contributed by atoms with E-state index >= 15 is 4.39 Å². The van der Waals surface area contributed by atoms with Crippen LogP contribution in [0.1, 0.15) is 29.2 Å². The highest BCUT2D eigenvalue weighted by atomic mass is 19.1. The average Bonchev–Trinajstić information content (AvgIpc) is 2.72. The molecule has 2 heterocycles. The van der Waals surface area contributed by atoms with Crippen LogP contribution < -0.4 is 4.74 Å². The third kappa shape index (κ3) is 2.35. The molecule has 0 amide bonds. The molecule has 28 heavy (non-hydrogen) atoms. The summed E-state index contributed by atoms with van der Waals surface area (Å²) in [7, 11) is 0. The Kier molecular flexibility index (Phi) is 3.87. The molecule has 1 aliphatic rings. The fourth-order valence-electron chi connectivity index (χ4n) is 4.60. The van der Waals surface area contributed by atoms with Gasteiger partial charge in [0.1, 0.15) is 11.6 Å². The Morgan fingerprint density at radius 2 is 1.93 bits per heavy atom. The lowest BCUT2D eigenvalue weighted by atomic mass is 9.86. The van der Waals surface area contributed by atoms with Crippen LogP contribution in [0.3, 0.4) is 0 Å². The third-order valence-corrected chi connectivity index (χ3v) is 5.96. The number of ether oxygens (including phenoxy) is 1. The molecule has 3 heteroatoms. The molecule has 0 N–H and O–H groups in total. The van der Waals surface area contributed by atoms with E-state index < -0.39 is 0 Å². The van der Waals surface area contributed by atoms with Crippen LogP contribution in [0.25, 0.3) is 32.8 Å². The van der Waals surface area contributed by atoms with Crippen LogP contribution >= 0.6 is 0 Å². The lowest BCUT2D eigenvalue weighted by Gasteiger charge is -2.22. The van der Waals surface area contributed by atoms with Gasteiger partial charge in [-0.15, -0.1) is 0 Å². The van der Waals surface area contributed by atoms with Gasteiger partial charge in [0.05, 0.1) is 12.1 Å². The van der Waals surface area contributed by atoms with Gasteiger partial charge in [-0.25, -0.2) is 4.39 Å². The molecular weight excluding hydrogens is 349 g/mol. The van der Waals surface area contributed by atoms with Gasteiger partial charge in [0.15, 0.2) is 0 Å². The Bertz CT molecular complexity index is 1250. The molecule has 5 rings (SSSR count). The second-order valence-electron chi connectivity index (χ2n) is 7.60. The van der Waals surface area contributed by atoms with E-state index in [1.54, 1.807) is 0 Å². The summed E-state index contributed by atoms with van der Waals surface area (Å²) < 4.78 is 21.1. The SMILES string of the molecule is CCc1c(C)c(F)c2cc(C)ccc2c1-c1ccc2c3c(ccnc13)CCO2. The zero-order valence-electron chi connectivity index (χ0n) is 16.4. The van der Waals surface area contributed by atoms with Gasteiger partial charge in [0.25, 0.3) is 0 Å². The number of aromatic nitrogens is 1. The Hall–Kier alpha value is -2.94. The Labute approximate surface area is 164 Å². The Balaban J connectivity index is 1.96. The predicted octanol–water partition coefficient (Wildman–Crippen LogP) is 6.31. The van der Waals surface area contributed by atoms with Crippen LogP contribution in [-0.2, 0) is 12.8 Å². The maximum absolute atomic E-state index is 15.2. The van der Waals surface area contributed by atoms with E-state index in [0.29, 0.717) is 12.0 Å². The van der Waals surface area contributed by atoms with Crippen molar-refractivity contribution >= 4 is 21.7 Å². The molecule has 0 spiro atoms. The standard InChI is InChI=1S/C25H22FNO/c1-4-17-15(3)24(26)20-13-14(2)5-6-18(20)23(17)19-7-8-21-22-16(10-12-28-21)9-11-27-25(19)22/h5-9,11,13H,4,10,12H2,1-3H3.